The summed E-state index contributed by atoms with van der Waals surface area (Å²) >= 11 is 0. The van der Waals surface area contributed by atoms with Crippen LogP contribution in [0.2, 0.25) is 36.3 Å². The average molecular weight is 599 g/mol. The van der Waals surface area contributed by atoms with Crippen molar-refractivity contribution in [3.63, 3.8) is 0 Å². The molecule has 2 heterocycles. The van der Waals surface area contributed by atoms with Gasteiger partial charge in [0, 0.05) is 0 Å². The smallest absolute Gasteiger partial charge is 0.192 e. The van der Waals surface area contributed by atoms with Crippen LogP contribution in [0, 0.1) is 12.3 Å². The summed E-state index contributed by atoms with van der Waals surface area (Å²) in [6.07, 6.45) is 10.4. The van der Waals surface area contributed by atoms with Crippen molar-refractivity contribution in [1.82, 2.24) is 0 Å². The summed E-state index contributed by atoms with van der Waals surface area (Å²) in [4.78, 5) is 0. The van der Waals surface area contributed by atoms with E-state index in [0.29, 0.717) is 24.5 Å². The van der Waals surface area contributed by atoms with Crippen molar-refractivity contribution in [2.24, 2.45) is 5.41 Å². The number of hydrogen-bond acceptors (Lipinski definition) is 3. The molecule has 0 radical (unpaired) electrons. The van der Waals surface area contributed by atoms with Gasteiger partial charge in [-0.15, -0.1) is 0 Å². The van der Waals surface area contributed by atoms with E-state index in [1.165, 1.54) is 36.0 Å². The second-order valence-corrected chi connectivity index (χ2v) is 27.5. The summed E-state index contributed by atoms with van der Waals surface area (Å²) in [5.41, 5.74) is 5.86. The van der Waals surface area contributed by atoms with E-state index in [1.54, 1.807) is 5.57 Å². The normalized spacial score (nSPS) is 29.0. The van der Waals surface area contributed by atoms with Crippen LogP contribution < -0.4 is 0 Å². The minimum absolute atomic E-state index is 0.187. The Bertz CT molecular complexity index is 1090. The number of fused-ring (bicyclic) bond motifs is 2. The Balaban J connectivity index is 1.65. The molecule has 3 nitrogen and oxygen atoms in total. The van der Waals surface area contributed by atoms with Gasteiger partial charge < -0.3 is 13.6 Å². The van der Waals surface area contributed by atoms with Crippen LogP contribution in [0.3, 0.4) is 0 Å². The molecule has 232 valence electrons. The van der Waals surface area contributed by atoms with Crippen molar-refractivity contribution in [3.8, 4) is 0 Å². The van der Waals surface area contributed by atoms with Crippen LogP contribution in [0.25, 0.3) is 5.57 Å². The largest absolute Gasteiger partial charge is 0.414 e. The number of aryl methyl sites for hydroxylation is 1. The molecule has 0 saturated carbocycles. The van der Waals surface area contributed by atoms with E-state index in [0.717, 1.165) is 25.7 Å². The molecule has 2 saturated heterocycles. The van der Waals surface area contributed by atoms with Gasteiger partial charge in [-0.3, -0.25) is 0 Å². The van der Waals surface area contributed by atoms with Crippen molar-refractivity contribution >= 4 is 22.2 Å². The molecular weight excluding hydrogens is 537 g/mol. The molecule has 0 amide bonds. The predicted molar refractivity (Wildman–Crippen MR) is 181 cm³/mol. The minimum atomic E-state index is -1.90. The first-order chi connectivity index (χ1) is 18.6. The predicted octanol–water partition coefficient (Wildman–Crippen LogP) is 10.8. The van der Waals surface area contributed by atoms with Crippen molar-refractivity contribution in [2.45, 2.75) is 161 Å². The van der Waals surface area contributed by atoms with E-state index in [9.17, 15) is 0 Å². The molecule has 41 heavy (non-hydrogen) atoms. The Morgan fingerprint density at radius 2 is 1.34 bits per heavy atom. The topological polar surface area (TPSA) is 27.7 Å². The summed E-state index contributed by atoms with van der Waals surface area (Å²) in [5, 5.41) is 0.375. The van der Waals surface area contributed by atoms with Gasteiger partial charge in [-0.05, 0) is 122 Å². The van der Waals surface area contributed by atoms with E-state index in [4.69, 9.17) is 13.6 Å². The average Bonchev–Trinajstić information content (AvgIpc) is 3.11. The highest BCUT2D eigenvalue weighted by molar-refractivity contribution is 6.74. The van der Waals surface area contributed by atoms with Gasteiger partial charge in [0.2, 0.25) is 0 Å². The lowest BCUT2D eigenvalue weighted by Gasteiger charge is -2.47. The lowest BCUT2D eigenvalue weighted by molar-refractivity contribution is -0.173. The maximum Gasteiger partial charge on any atom is 0.192 e. The molecule has 1 unspecified atom stereocenters. The zero-order valence-electron chi connectivity index (χ0n) is 29.0. The molecule has 1 aromatic carbocycles. The Labute approximate surface area is 255 Å². The van der Waals surface area contributed by atoms with Crippen molar-refractivity contribution in [2.75, 3.05) is 13.2 Å². The third kappa shape index (κ3) is 7.16. The van der Waals surface area contributed by atoms with Gasteiger partial charge in [0.25, 0.3) is 0 Å². The molecule has 3 atom stereocenters. The number of ether oxygens (including phenoxy) is 1. The van der Waals surface area contributed by atoms with Crippen LogP contribution in [0.5, 0.6) is 0 Å². The Morgan fingerprint density at radius 3 is 1.78 bits per heavy atom. The maximum absolute atomic E-state index is 7.22. The first-order valence-electron chi connectivity index (χ1n) is 16.4. The molecule has 1 aromatic rings. The van der Waals surface area contributed by atoms with Gasteiger partial charge in [0.05, 0.1) is 24.4 Å². The molecule has 2 bridgehead atoms. The Kier molecular flexibility index (Phi) is 8.91. The van der Waals surface area contributed by atoms with Crippen molar-refractivity contribution in [1.29, 1.82) is 0 Å². The highest BCUT2D eigenvalue weighted by Gasteiger charge is 2.57. The summed E-state index contributed by atoms with van der Waals surface area (Å²) in [6, 6.07) is 7.33. The Hall–Kier alpha value is -0.726. The minimum Gasteiger partial charge on any atom is -0.414 e. The number of rotatable bonds is 8. The molecular formula is C36H62O3Si2. The third-order valence-electron chi connectivity index (χ3n) is 11.8. The maximum atomic E-state index is 7.22. The lowest BCUT2D eigenvalue weighted by atomic mass is 9.75. The lowest BCUT2D eigenvalue weighted by Crippen LogP contribution is -2.53. The second-order valence-electron chi connectivity index (χ2n) is 17.8. The van der Waals surface area contributed by atoms with Crippen LogP contribution >= 0.6 is 0 Å². The Morgan fingerprint density at radius 1 is 0.829 bits per heavy atom. The van der Waals surface area contributed by atoms with Crippen molar-refractivity contribution in [3.05, 3.63) is 41.0 Å². The summed E-state index contributed by atoms with van der Waals surface area (Å²) in [7, 11) is -3.79. The molecule has 0 aromatic heterocycles. The van der Waals surface area contributed by atoms with E-state index in [2.05, 4.69) is 113 Å². The van der Waals surface area contributed by atoms with Gasteiger partial charge >= 0.3 is 0 Å². The monoisotopic (exact) mass is 598 g/mol. The summed E-state index contributed by atoms with van der Waals surface area (Å²) in [6.45, 7) is 32.0. The SMILES string of the molecule is Cc1ccc(C2C[C@@]3(CO[Si](C)(C)C(C)(C)C)CC[C@@](CO[Si](C)(C)C(C)(C)C)(C2)O3)cc1C1=CCC(C)(C)CC1. The van der Waals surface area contributed by atoms with E-state index < -0.39 is 16.6 Å². The molecule has 1 aliphatic carbocycles. The second kappa shape index (κ2) is 11.0. The molecule has 2 aliphatic heterocycles. The fourth-order valence-electron chi connectivity index (χ4n) is 6.45. The molecule has 5 heteroatoms. The summed E-state index contributed by atoms with van der Waals surface area (Å²) < 4.78 is 21.0. The molecule has 0 spiro atoms. The van der Waals surface area contributed by atoms with Crippen LogP contribution in [-0.4, -0.2) is 41.1 Å². The first-order valence-corrected chi connectivity index (χ1v) is 22.2. The number of benzene rings is 1. The zero-order chi connectivity index (χ0) is 30.7. The van der Waals surface area contributed by atoms with Gasteiger partial charge in [0.1, 0.15) is 0 Å². The van der Waals surface area contributed by atoms with Gasteiger partial charge in [-0.25, -0.2) is 0 Å². The standard InChI is InChI=1S/C36H62O3Si2/c1-27-14-15-29(22-31(27)28-16-18-34(8,9)19-17-28)30-23-35(25-37-40(10,11)32(2,3)4)20-21-36(24-30,39-35)26-38-41(12,13)33(5,6)7/h14-16,22,30H,17-21,23-26H2,1-13H3/t30?,35-,36+. The van der Waals surface area contributed by atoms with Crippen LogP contribution in [0.4, 0.5) is 0 Å². The zero-order valence-corrected chi connectivity index (χ0v) is 31.0. The fourth-order valence-corrected chi connectivity index (χ4v) is 8.56. The number of hydrogen-bond donors (Lipinski definition) is 0. The van der Waals surface area contributed by atoms with Crippen LogP contribution in [0.15, 0.2) is 24.3 Å². The van der Waals surface area contributed by atoms with E-state index in [-0.39, 0.29) is 21.3 Å². The van der Waals surface area contributed by atoms with Gasteiger partial charge in [-0.2, -0.15) is 0 Å². The number of allylic oxidation sites excluding steroid dienone is 2. The molecule has 3 aliphatic rings. The quantitative estimate of drug-likeness (QED) is 0.279. The van der Waals surface area contributed by atoms with Crippen LogP contribution in [0.1, 0.15) is 123 Å². The highest BCUT2D eigenvalue weighted by Crippen LogP contribution is 2.55. The van der Waals surface area contributed by atoms with E-state index in [1.807, 2.05) is 0 Å². The molecule has 0 N–H and O–H groups in total. The van der Waals surface area contributed by atoms with Gasteiger partial charge in [0.15, 0.2) is 16.6 Å². The van der Waals surface area contributed by atoms with Crippen LogP contribution in [-0.2, 0) is 13.6 Å². The molecule has 2 fully saturated rings. The first kappa shape index (κ1) is 33.2. The van der Waals surface area contributed by atoms with Crippen molar-refractivity contribution < 1.29 is 13.6 Å². The molecule has 4 rings (SSSR count). The third-order valence-corrected chi connectivity index (χ3v) is 20.7. The highest BCUT2D eigenvalue weighted by atomic mass is 28.4. The van der Waals surface area contributed by atoms with E-state index >= 15 is 0 Å². The summed E-state index contributed by atoms with van der Waals surface area (Å²) in [5.74, 6) is 0.456. The van der Waals surface area contributed by atoms with Gasteiger partial charge in [-0.1, -0.05) is 79.7 Å². The fraction of sp³-hybridized carbons (Fsp3) is 0.778.